The van der Waals surface area contributed by atoms with Gasteiger partial charge in [0, 0.05) is 11.3 Å². The van der Waals surface area contributed by atoms with E-state index in [0.717, 1.165) is 22.7 Å². The van der Waals surface area contributed by atoms with Gasteiger partial charge in [-0.15, -0.1) is 5.54 Å². The van der Waals surface area contributed by atoms with Gasteiger partial charge in [0.25, 0.3) is 0 Å². The predicted molar refractivity (Wildman–Crippen MR) is 110 cm³/mol. The Morgan fingerprint density at radius 1 is 1.00 bits per heavy atom. The zero-order chi connectivity index (χ0) is 17.6. The van der Waals surface area contributed by atoms with Crippen LogP contribution in [0.5, 0.6) is 5.75 Å². The first-order valence-electron chi connectivity index (χ1n) is 7.72. The van der Waals surface area contributed by atoms with Gasteiger partial charge >= 0.3 is 0 Å². The molecule has 2 aromatic carbocycles. The number of rotatable bonds is 3. The summed E-state index contributed by atoms with van der Waals surface area (Å²) >= 11 is 5.40. The normalized spacial score (nSPS) is 10.3. The molecule has 0 saturated carbocycles. The second kappa shape index (κ2) is 8.00. The zero-order valence-corrected chi connectivity index (χ0v) is 16.3. The minimum atomic E-state index is -1.42. The van der Waals surface area contributed by atoms with Gasteiger partial charge in [0.1, 0.15) is 13.8 Å². The van der Waals surface area contributed by atoms with E-state index in [9.17, 15) is 0 Å². The maximum atomic E-state index is 5.40. The average Bonchev–Trinajstić information content (AvgIpc) is 2.54. The highest BCUT2D eigenvalue weighted by molar-refractivity contribution is 7.80. The Morgan fingerprint density at radius 3 is 2.29 bits per heavy atom. The molecule has 2 aromatic rings. The van der Waals surface area contributed by atoms with Crippen LogP contribution >= 0.6 is 12.2 Å². The van der Waals surface area contributed by atoms with Crippen molar-refractivity contribution in [2.45, 2.75) is 19.6 Å². The summed E-state index contributed by atoms with van der Waals surface area (Å²) in [5.74, 6) is 4.09. The summed E-state index contributed by atoms with van der Waals surface area (Å²) in [5.41, 5.74) is 6.16. The van der Waals surface area contributed by atoms with Crippen LogP contribution in [0.3, 0.4) is 0 Å². The molecule has 0 fully saturated rings. The molecule has 24 heavy (non-hydrogen) atoms. The minimum Gasteiger partial charge on any atom is -0.497 e. The standard InChI is InChI=1S/C19H22N2OSSi/c1-22-17-11-9-16(10-12-17)20-19(23)21-18-8-6-5-7-15(18)13-14-24(2,3)4/h5-12H,1-4H3,(H2,20,21,23). The minimum absolute atomic E-state index is 0.530. The van der Waals surface area contributed by atoms with E-state index in [1.807, 2.05) is 48.5 Å². The Bertz CT molecular complexity index is 770. The van der Waals surface area contributed by atoms with Gasteiger partial charge in [0.2, 0.25) is 0 Å². The molecule has 0 atom stereocenters. The maximum absolute atomic E-state index is 5.40. The Kier molecular flexibility index (Phi) is 6.02. The van der Waals surface area contributed by atoms with Gasteiger partial charge in [-0.05, 0) is 48.6 Å². The highest BCUT2D eigenvalue weighted by Crippen LogP contribution is 2.17. The summed E-state index contributed by atoms with van der Waals surface area (Å²) in [4.78, 5) is 0. The van der Waals surface area contributed by atoms with Crippen LogP contribution in [0.25, 0.3) is 0 Å². The lowest BCUT2D eigenvalue weighted by molar-refractivity contribution is 0.415. The summed E-state index contributed by atoms with van der Waals surface area (Å²) in [6.45, 7) is 6.68. The Hall–Kier alpha value is -2.29. The topological polar surface area (TPSA) is 33.3 Å². The van der Waals surface area contributed by atoms with E-state index in [4.69, 9.17) is 17.0 Å². The largest absolute Gasteiger partial charge is 0.497 e. The first-order valence-corrected chi connectivity index (χ1v) is 11.6. The van der Waals surface area contributed by atoms with Gasteiger partial charge in [0.15, 0.2) is 5.11 Å². The van der Waals surface area contributed by atoms with E-state index in [1.165, 1.54) is 0 Å². The molecule has 0 saturated heterocycles. The van der Waals surface area contributed by atoms with Gasteiger partial charge in [-0.1, -0.05) is 37.7 Å². The third-order valence-corrected chi connectivity index (χ3v) is 4.17. The van der Waals surface area contributed by atoms with E-state index >= 15 is 0 Å². The molecular formula is C19H22N2OSSi. The fraction of sp³-hybridized carbons (Fsp3) is 0.211. The number of hydrogen-bond donors (Lipinski definition) is 2. The zero-order valence-electron chi connectivity index (χ0n) is 14.4. The second-order valence-corrected chi connectivity index (χ2v) is 11.5. The van der Waals surface area contributed by atoms with Crippen molar-refractivity contribution >= 4 is 36.8 Å². The summed E-state index contributed by atoms with van der Waals surface area (Å²) in [5, 5.41) is 6.92. The highest BCUT2D eigenvalue weighted by atomic mass is 32.1. The first kappa shape index (κ1) is 18.1. The molecule has 0 spiro atoms. The SMILES string of the molecule is COc1ccc(NC(=S)Nc2ccccc2C#C[Si](C)(C)C)cc1. The Labute approximate surface area is 150 Å². The molecule has 0 radical (unpaired) electrons. The lowest BCUT2D eigenvalue weighted by atomic mass is 10.2. The molecule has 0 bridgehead atoms. The molecule has 0 unspecified atom stereocenters. The van der Waals surface area contributed by atoms with Crippen LogP contribution in [0.4, 0.5) is 11.4 Å². The fourth-order valence-electron chi connectivity index (χ4n) is 1.91. The summed E-state index contributed by atoms with van der Waals surface area (Å²) in [6, 6.07) is 15.6. The average molecular weight is 355 g/mol. The molecule has 0 aromatic heterocycles. The van der Waals surface area contributed by atoms with E-state index < -0.39 is 8.07 Å². The van der Waals surface area contributed by atoms with Crippen LogP contribution in [0, 0.1) is 11.5 Å². The van der Waals surface area contributed by atoms with Crippen LogP contribution in [0.2, 0.25) is 19.6 Å². The van der Waals surface area contributed by atoms with E-state index in [0.29, 0.717) is 5.11 Å². The molecule has 0 amide bonds. The molecular weight excluding hydrogens is 332 g/mol. The maximum Gasteiger partial charge on any atom is 0.175 e. The van der Waals surface area contributed by atoms with Gasteiger partial charge in [-0.3, -0.25) is 0 Å². The van der Waals surface area contributed by atoms with E-state index in [1.54, 1.807) is 7.11 Å². The number of methoxy groups -OCH3 is 1. The smallest absolute Gasteiger partial charge is 0.175 e. The van der Waals surface area contributed by atoms with Crippen molar-refractivity contribution in [3.8, 4) is 17.2 Å². The number of thiocarbonyl (C=S) groups is 1. The van der Waals surface area contributed by atoms with Crippen molar-refractivity contribution in [1.29, 1.82) is 0 Å². The monoisotopic (exact) mass is 354 g/mol. The lowest BCUT2D eigenvalue weighted by Crippen LogP contribution is -2.20. The van der Waals surface area contributed by atoms with Crippen molar-refractivity contribution in [3.05, 3.63) is 54.1 Å². The van der Waals surface area contributed by atoms with Gasteiger partial charge in [-0.25, -0.2) is 0 Å². The van der Waals surface area contributed by atoms with Crippen LogP contribution in [0.15, 0.2) is 48.5 Å². The Balaban J connectivity index is 2.09. The molecule has 0 aliphatic heterocycles. The van der Waals surface area contributed by atoms with Crippen molar-refractivity contribution in [1.82, 2.24) is 0 Å². The fourth-order valence-corrected chi connectivity index (χ4v) is 2.65. The predicted octanol–water partition coefficient (Wildman–Crippen LogP) is 4.73. The van der Waals surface area contributed by atoms with Crippen LogP contribution in [-0.2, 0) is 0 Å². The third kappa shape index (κ3) is 5.73. The number of hydrogen-bond acceptors (Lipinski definition) is 2. The molecule has 0 aliphatic rings. The number of para-hydroxylation sites is 1. The molecule has 5 heteroatoms. The summed E-state index contributed by atoms with van der Waals surface area (Å²) in [7, 11) is 0.224. The van der Waals surface area contributed by atoms with Gasteiger partial charge < -0.3 is 15.4 Å². The molecule has 2 N–H and O–H groups in total. The van der Waals surface area contributed by atoms with Crippen molar-refractivity contribution in [3.63, 3.8) is 0 Å². The number of ether oxygens (including phenoxy) is 1. The highest BCUT2D eigenvalue weighted by Gasteiger charge is 2.08. The number of benzene rings is 2. The molecule has 0 heterocycles. The molecule has 0 aliphatic carbocycles. The quantitative estimate of drug-likeness (QED) is 0.474. The molecule has 2 rings (SSSR count). The van der Waals surface area contributed by atoms with E-state index in [2.05, 4.69) is 41.7 Å². The van der Waals surface area contributed by atoms with Gasteiger partial charge in [-0.2, -0.15) is 0 Å². The lowest BCUT2D eigenvalue weighted by Gasteiger charge is -2.12. The van der Waals surface area contributed by atoms with Gasteiger partial charge in [0.05, 0.1) is 12.8 Å². The number of anilines is 2. The molecule has 124 valence electrons. The van der Waals surface area contributed by atoms with Crippen LogP contribution in [0.1, 0.15) is 5.56 Å². The van der Waals surface area contributed by atoms with Crippen LogP contribution < -0.4 is 15.4 Å². The van der Waals surface area contributed by atoms with Crippen LogP contribution in [-0.4, -0.2) is 20.3 Å². The summed E-state index contributed by atoms with van der Waals surface area (Å²) < 4.78 is 5.15. The third-order valence-electron chi connectivity index (χ3n) is 3.10. The van der Waals surface area contributed by atoms with Crippen molar-refractivity contribution < 1.29 is 4.74 Å². The first-order chi connectivity index (χ1) is 11.4. The van der Waals surface area contributed by atoms with E-state index in [-0.39, 0.29) is 0 Å². The van der Waals surface area contributed by atoms with Crippen molar-refractivity contribution in [2.75, 3.05) is 17.7 Å². The van der Waals surface area contributed by atoms with Crippen molar-refractivity contribution in [2.24, 2.45) is 0 Å². The Morgan fingerprint density at radius 2 is 1.67 bits per heavy atom. The number of nitrogens with one attached hydrogen (secondary N) is 2. The molecule has 3 nitrogen and oxygen atoms in total. The summed E-state index contributed by atoms with van der Waals surface area (Å²) in [6.07, 6.45) is 0. The second-order valence-electron chi connectivity index (χ2n) is 6.35.